The van der Waals surface area contributed by atoms with Crippen molar-refractivity contribution in [2.75, 3.05) is 11.1 Å². The number of nitrogens with two attached hydrogens (primary N) is 1. The van der Waals surface area contributed by atoms with Gasteiger partial charge in [0.25, 0.3) is 5.91 Å². The van der Waals surface area contributed by atoms with Crippen molar-refractivity contribution < 1.29 is 9.59 Å². The minimum absolute atomic E-state index is 0.222. The van der Waals surface area contributed by atoms with Gasteiger partial charge in [0.1, 0.15) is 5.00 Å². The van der Waals surface area contributed by atoms with Crippen molar-refractivity contribution in [3.8, 4) is 0 Å². The van der Waals surface area contributed by atoms with E-state index in [2.05, 4.69) is 10.6 Å². The first-order valence-electron chi connectivity index (χ1n) is 7.74. The molecule has 1 saturated carbocycles. The summed E-state index contributed by atoms with van der Waals surface area (Å²) in [5.74, 6) is 1.45. The number of amides is 3. The lowest BCUT2D eigenvalue weighted by atomic mass is 9.96. The minimum atomic E-state index is -0.447. The van der Waals surface area contributed by atoms with Gasteiger partial charge in [-0.2, -0.15) is 11.8 Å². The van der Waals surface area contributed by atoms with Gasteiger partial charge in [0.05, 0.1) is 5.56 Å². The first-order valence-corrected chi connectivity index (χ1v) is 9.72. The highest BCUT2D eigenvalue weighted by Crippen LogP contribution is 2.39. The molecule has 5 nitrogen and oxygen atoms in total. The molecule has 2 heterocycles. The maximum absolute atomic E-state index is 12.2. The molecule has 1 aliphatic carbocycles. The number of nitrogens with one attached hydrogen (secondary N) is 2. The zero-order valence-corrected chi connectivity index (χ0v) is 14.1. The summed E-state index contributed by atoms with van der Waals surface area (Å²) in [6.45, 7) is 0. The van der Waals surface area contributed by atoms with Gasteiger partial charge < -0.3 is 11.1 Å². The Kier molecular flexibility index (Phi) is 4.93. The highest BCUT2D eigenvalue weighted by molar-refractivity contribution is 7.98. The third-order valence-electron chi connectivity index (χ3n) is 4.23. The highest BCUT2D eigenvalue weighted by Gasteiger charge is 2.25. The van der Waals surface area contributed by atoms with E-state index < -0.39 is 5.91 Å². The Bertz CT molecular complexity index is 580. The molecular formula is C15H21N3O2S2. The van der Waals surface area contributed by atoms with Gasteiger partial charge in [0.15, 0.2) is 0 Å². The number of primary amides is 1. The molecule has 0 unspecified atom stereocenters. The maximum atomic E-state index is 12.2. The Hall–Kier alpha value is -1.21. The number of fused-ring (bicyclic) bond motifs is 1. The smallest absolute Gasteiger partial charge is 0.320 e. The summed E-state index contributed by atoms with van der Waals surface area (Å²) < 4.78 is 0. The van der Waals surface area contributed by atoms with Crippen LogP contribution in [0.4, 0.5) is 9.80 Å². The van der Waals surface area contributed by atoms with Gasteiger partial charge in [-0.05, 0) is 30.6 Å². The number of rotatable bonds is 3. The van der Waals surface area contributed by atoms with E-state index >= 15 is 0 Å². The van der Waals surface area contributed by atoms with E-state index in [1.807, 2.05) is 11.8 Å². The van der Waals surface area contributed by atoms with Crippen molar-refractivity contribution in [3.63, 3.8) is 0 Å². The monoisotopic (exact) mass is 339 g/mol. The summed E-state index contributed by atoms with van der Waals surface area (Å²) in [6, 6.07) is 0.0246. The first kappa shape index (κ1) is 15.7. The quantitative estimate of drug-likeness (QED) is 0.791. The Balaban J connectivity index is 1.72. The lowest BCUT2D eigenvalue weighted by molar-refractivity contribution is 0.100. The second-order valence-corrected chi connectivity index (χ2v) is 8.02. The predicted octanol–water partition coefficient (Wildman–Crippen LogP) is 3.09. The summed E-state index contributed by atoms with van der Waals surface area (Å²) in [4.78, 5) is 25.1. The van der Waals surface area contributed by atoms with E-state index in [1.54, 1.807) is 0 Å². The molecule has 0 aromatic carbocycles. The molecule has 1 aromatic rings. The van der Waals surface area contributed by atoms with E-state index in [4.69, 9.17) is 5.73 Å². The molecule has 1 aromatic heterocycles. The number of thiophene rings is 1. The van der Waals surface area contributed by atoms with Gasteiger partial charge in [-0.25, -0.2) is 4.79 Å². The molecule has 0 atom stereocenters. The van der Waals surface area contributed by atoms with Crippen molar-refractivity contribution in [1.82, 2.24) is 5.32 Å². The van der Waals surface area contributed by atoms with Gasteiger partial charge in [-0.15, -0.1) is 11.3 Å². The van der Waals surface area contributed by atoms with Crippen LogP contribution in [-0.4, -0.2) is 23.7 Å². The Morgan fingerprint density at radius 1 is 1.18 bits per heavy atom. The largest absolute Gasteiger partial charge is 0.365 e. The van der Waals surface area contributed by atoms with E-state index in [1.165, 1.54) is 30.6 Å². The molecule has 0 radical (unpaired) electrons. The van der Waals surface area contributed by atoms with E-state index in [0.717, 1.165) is 41.2 Å². The summed E-state index contributed by atoms with van der Waals surface area (Å²) in [5, 5.41) is 6.47. The average molecular weight is 339 g/mol. The maximum Gasteiger partial charge on any atom is 0.320 e. The molecule has 120 valence electrons. The minimum Gasteiger partial charge on any atom is -0.365 e. The van der Waals surface area contributed by atoms with E-state index in [9.17, 15) is 9.59 Å². The lowest BCUT2D eigenvalue weighted by Crippen LogP contribution is -2.39. The average Bonchev–Trinajstić information content (AvgIpc) is 2.85. The van der Waals surface area contributed by atoms with Crippen LogP contribution in [0.25, 0.3) is 0 Å². The highest BCUT2D eigenvalue weighted by atomic mass is 32.2. The number of urea groups is 1. The molecular weight excluding hydrogens is 318 g/mol. The fraction of sp³-hybridized carbons (Fsp3) is 0.600. The molecule has 22 heavy (non-hydrogen) atoms. The third kappa shape index (κ3) is 3.41. The molecule has 0 saturated heterocycles. The number of anilines is 1. The first-order chi connectivity index (χ1) is 10.6. The van der Waals surface area contributed by atoms with Crippen molar-refractivity contribution in [2.45, 2.75) is 50.3 Å². The molecule has 0 spiro atoms. The third-order valence-corrected chi connectivity index (χ3v) is 6.55. The number of thioether (sulfide) groups is 1. The van der Waals surface area contributed by atoms with E-state index in [0.29, 0.717) is 10.6 Å². The lowest BCUT2D eigenvalue weighted by Gasteiger charge is -2.22. The fourth-order valence-electron chi connectivity index (χ4n) is 3.15. The topological polar surface area (TPSA) is 84.2 Å². The predicted molar refractivity (Wildman–Crippen MR) is 91.7 cm³/mol. The molecule has 4 N–H and O–H groups in total. The molecule has 7 heteroatoms. The Morgan fingerprint density at radius 3 is 2.68 bits per heavy atom. The molecule has 1 aliphatic heterocycles. The molecule has 1 fully saturated rings. The fourth-order valence-corrected chi connectivity index (χ4v) is 5.53. The van der Waals surface area contributed by atoms with Gasteiger partial charge in [-0.3, -0.25) is 10.1 Å². The van der Waals surface area contributed by atoms with Crippen LogP contribution in [0, 0.1) is 0 Å². The SMILES string of the molecule is NC(=O)c1c(NC(=O)NC2CCCCC2)sc2c1CCSC2. The summed E-state index contributed by atoms with van der Waals surface area (Å²) >= 11 is 3.34. The van der Waals surface area contributed by atoms with Crippen LogP contribution < -0.4 is 16.4 Å². The van der Waals surface area contributed by atoms with Gasteiger partial charge in [0.2, 0.25) is 0 Å². The second-order valence-electron chi connectivity index (χ2n) is 5.81. The van der Waals surface area contributed by atoms with Gasteiger partial charge in [-0.1, -0.05) is 19.3 Å². The Labute approximate surface area is 138 Å². The van der Waals surface area contributed by atoms with Crippen molar-refractivity contribution in [2.24, 2.45) is 5.73 Å². The van der Waals surface area contributed by atoms with Crippen LogP contribution in [0.2, 0.25) is 0 Å². The van der Waals surface area contributed by atoms with Crippen LogP contribution >= 0.6 is 23.1 Å². The zero-order chi connectivity index (χ0) is 15.5. The van der Waals surface area contributed by atoms with Crippen LogP contribution in [-0.2, 0) is 12.2 Å². The van der Waals surface area contributed by atoms with Crippen molar-refractivity contribution in [3.05, 3.63) is 16.0 Å². The number of carbonyl (C=O) groups is 2. The standard InChI is InChI=1S/C15H21N3O2S2/c16-13(19)12-10-6-7-21-8-11(10)22-14(12)18-15(20)17-9-4-2-1-3-5-9/h9H,1-8H2,(H2,16,19)(H2,17,18,20). The van der Waals surface area contributed by atoms with Gasteiger partial charge in [0, 0.05) is 16.7 Å². The van der Waals surface area contributed by atoms with Crippen LogP contribution in [0.1, 0.15) is 52.9 Å². The summed E-state index contributed by atoms with van der Waals surface area (Å²) in [5.41, 5.74) is 7.08. The molecule has 2 aliphatic rings. The van der Waals surface area contributed by atoms with Crippen molar-refractivity contribution >= 4 is 40.0 Å². The van der Waals surface area contributed by atoms with Crippen LogP contribution in [0.15, 0.2) is 0 Å². The molecule has 0 bridgehead atoms. The zero-order valence-electron chi connectivity index (χ0n) is 12.4. The number of hydrogen-bond donors (Lipinski definition) is 3. The van der Waals surface area contributed by atoms with Gasteiger partial charge >= 0.3 is 6.03 Å². The van der Waals surface area contributed by atoms with Crippen LogP contribution in [0.5, 0.6) is 0 Å². The van der Waals surface area contributed by atoms with Crippen molar-refractivity contribution in [1.29, 1.82) is 0 Å². The second kappa shape index (κ2) is 6.91. The Morgan fingerprint density at radius 2 is 1.95 bits per heavy atom. The summed E-state index contributed by atoms with van der Waals surface area (Å²) in [7, 11) is 0. The summed E-state index contributed by atoms with van der Waals surface area (Å²) in [6.07, 6.45) is 6.51. The number of carbonyl (C=O) groups excluding carboxylic acids is 2. The molecule has 3 rings (SSSR count). The van der Waals surface area contributed by atoms with E-state index in [-0.39, 0.29) is 12.1 Å². The van der Waals surface area contributed by atoms with Crippen LogP contribution in [0.3, 0.4) is 0 Å². The molecule has 3 amide bonds. The number of hydrogen-bond acceptors (Lipinski definition) is 4. The normalized spacial score (nSPS) is 18.5.